The molecule has 118 valence electrons. The Hall–Kier alpha value is -2.17. The lowest BCUT2D eigenvalue weighted by atomic mass is 9.95. The Morgan fingerprint density at radius 2 is 1.48 bits per heavy atom. The molecule has 0 aliphatic heterocycles. The maximum atomic E-state index is 12.5. The molecule has 3 aromatic carbocycles. The van der Waals surface area contributed by atoms with Gasteiger partial charge in [-0.1, -0.05) is 54.6 Å². The van der Waals surface area contributed by atoms with Crippen molar-refractivity contribution in [3.05, 3.63) is 78.4 Å². The van der Waals surface area contributed by atoms with E-state index in [4.69, 9.17) is 0 Å². The molecule has 1 unspecified atom stereocenters. The fraction of sp³-hybridized carbons (Fsp3) is 0.158. The lowest BCUT2D eigenvalue weighted by Gasteiger charge is -2.24. The molecule has 0 aliphatic rings. The Morgan fingerprint density at radius 3 is 2.17 bits per heavy atom. The van der Waals surface area contributed by atoms with Gasteiger partial charge in [-0.15, -0.1) is 0 Å². The largest absolute Gasteiger partial charge is 0.384 e. The standard InChI is InChI=1S/C19H18O3S/c1-19(20,14-23(21,22)18-9-3-2-4-10-18)17-12-11-15-7-5-6-8-16(15)13-17/h2-13,20H,14H2,1H3. The molecule has 0 amide bonds. The summed E-state index contributed by atoms with van der Waals surface area (Å²) in [5, 5.41) is 12.8. The summed E-state index contributed by atoms with van der Waals surface area (Å²) >= 11 is 0. The van der Waals surface area contributed by atoms with Crippen molar-refractivity contribution in [2.24, 2.45) is 0 Å². The molecule has 0 fully saturated rings. The molecule has 3 rings (SSSR count). The fourth-order valence-corrected chi connectivity index (χ4v) is 4.33. The molecule has 0 radical (unpaired) electrons. The molecule has 1 atom stereocenters. The van der Waals surface area contributed by atoms with Gasteiger partial charge < -0.3 is 5.11 Å². The van der Waals surface area contributed by atoms with Crippen LogP contribution in [0.2, 0.25) is 0 Å². The number of rotatable bonds is 4. The Morgan fingerprint density at radius 1 is 0.870 bits per heavy atom. The van der Waals surface area contributed by atoms with Crippen molar-refractivity contribution in [3.8, 4) is 0 Å². The first-order valence-corrected chi connectivity index (χ1v) is 9.03. The van der Waals surface area contributed by atoms with Gasteiger partial charge >= 0.3 is 0 Å². The summed E-state index contributed by atoms with van der Waals surface area (Å²) in [5.74, 6) is -0.359. The van der Waals surface area contributed by atoms with E-state index in [0.29, 0.717) is 5.56 Å². The van der Waals surface area contributed by atoms with Crippen molar-refractivity contribution in [3.63, 3.8) is 0 Å². The Kier molecular flexibility index (Phi) is 3.96. The third-order valence-corrected chi connectivity index (χ3v) is 5.88. The summed E-state index contributed by atoms with van der Waals surface area (Å²) in [5.41, 5.74) is -0.866. The number of aliphatic hydroxyl groups is 1. The number of benzene rings is 3. The molecule has 0 saturated carbocycles. The number of sulfone groups is 1. The van der Waals surface area contributed by atoms with Crippen molar-refractivity contribution in [2.75, 3.05) is 5.75 Å². The molecule has 0 spiro atoms. The lowest BCUT2D eigenvalue weighted by molar-refractivity contribution is 0.0821. The first-order valence-electron chi connectivity index (χ1n) is 7.38. The molecule has 23 heavy (non-hydrogen) atoms. The van der Waals surface area contributed by atoms with Gasteiger partial charge in [0.15, 0.2) is 9.84 Å². The van der Waals surface area contributed by atoms with Crippen LogP contribution in [0.3, 0.4) is 0 Å². The summed E-state index contributed by atoms with van der Waals surface area (Å²) in [6.45, 7) is 1.54. The second-order valence-corrected chi connectivity index (χ2v) is 7.90. The van der Waals surface area contributed by atoms with E-state index >= 15 is 0 Å². The number of hydrogen-bond acceptors (Lipinski definition) is 3. The van der Waals surface area contributed by atoms with E-state index in [1.165, 1.54) is 6.92 Å². The smallest absolute Gasteiger partial charge is 0.181 e. The zero-order valence-electron chi connectivity index (χ0n) is 12.8. The summed E-state index contributed by atoms with van der Waals surface area (Å²) in [6, 6.07) is 21.5. The highest BCUT2D eigenvalue weighted by Gasteiger charge is 2.31. The highest BCUT2D eigenvalue weighted by Crippen LogP contribution is 2.28. The minimum absolute atomic E-state index is 0.223. The van der Waals surface area contributed by atoms with Gasteiger partial charge in [-0.3, -0.25) is 0 Å². The zero-order chi connectivity index (χ0) is 16.5. The second-order valence-electron chi connectivity index (χ2n) is 5.91. The SMILES string of the molecule is CC(O)(CS(=O)(=O)c1ccccc1)c1ccc2ccccc2c1. The zero-order valence-corrected chi connectivity index (χ0v) is 13.6. The molecule has 0 heterocycles. The third-order valence-electron chi connectivity index (χ3n) is 3.94. The Labute approximate surface area is 136 Å². The molecule has 0 aromatic heterocycles. The predicted molar refractivity (Wildman–Crippen MR) is 92.0 cm³/mol. The van der Waals surface area contributed by atoms with Crippen molar-refractivity contribution in [1.29, 1.82) is 0 Å². The van der Waals surface area contributed by atoms with Crippen LogP contribution in [0.4, 0.5) is 0 Å². The van der Waals surface area contributed by atoms with Crippen molar-refractivity contribution in [2.45, 2.75) is 17.4 Å². The molecular formula is C19H18O3S. The molecule has 0 aliphatic carbocycles. The average Bonchev–Trinajstić information content (AvgIpc) is 2.54. The second kappa shape index (κ2) is 5.80. The van der Waals surface area contributed by atoms with Crippen LogP contribution in [-0.2, 0) is 15.4 Å². The van der Waals surface area contributed by atoms with Gasteiger partial charge in [-0.2, -0.15) is 0 Å². The monoisotopic (exact) mass is 326 g/mol. The first kappa shape index (κ1) is 15.7. The summed E-state index contributed by atoms with van der Waals surface area (Å²) in [6.07, 6.45) is 0. The van der Waals surface area contributed by atoms with Crippen LogP contribution >= 0.6 is 0 Å². The average molecular weight is 326 g/mol. The van der Waals surface area contributed by atoms with Crippen LogP contribution in [0, 0.1) is 0 Å². The van der Waals surface area contributed by atoms with Gasteiger partial charge in [0, 0.05) is 0 Å². The van der Waals surface area contributed by atoms with E-state index < -0.39 is 15.4 Å². The first-order chi connectivity index (χ1) is 10.9. The Bertz CT molecular complexity index is 929. The van der Waals surface area contributed by atoms with Gasteiger partial charge in [0.1, 0.15) is 5.60 Å². The maximum absolute atomic E-state index is 12.5. The van der Waals surface area contributed by atoms with Gasteiger partial charge in [0.05, 0.1) is 10.6 Å². The molecule has 3 nitrogen and oxygen atoms in total. The minimum atomic E-state index is -3.57. The van der Waals surface area contributed by atoms with E-state index in [-0.39, 0.29) is 10.6 Å². The predicted octanol–water partition coefficient (Wildman–Crippen LogP) is 3.52. The molecule has 4 heteroatoms. The number of hydrogen-bond donors (Lipinski definition) is 1. The highest BCUT2D eigenvalue weighted by molar-refractivity contribution is 7.91. The van der Waals surface area contributed by atoms with Gasteiger partial charge in [0.2, 0.25) is 0 Å². The fourth-order valence-electron chi connectivity index (χ4n) is 2.69. The highest BCUT2D eigenvalue weighted by atomic mass is 32.2. The molecule has 0 saturated heterocycles. The molecular weight excluding hydrogens is 308 g/mol. The van der Waals surface area contributed by atoms with Gasteiger partial charge in [0.25, 0.3) is 0 Å². The normalized spacial score (nSPS) is 14.5. The molecule has 0 bridgehead atoms. The van der Waals surface area contributed by atoms with Crippen LogP contribution in [-0.4, -0.2) is 19.3 Å². The summed E-state index contributed by atoms with van der Waals surface area (Å²) in [4.78, 5) is 0.223. The van der Waals surface area contributed by atoms with Crippen LogP contribution < -0.4 is 0 Å². The summed E-state index contributed by atoms with van der Waals surface area (Å²) in [7, 11) is -3.57. The van der Waals surface area contributed by atoms with E-state index in [0.717, 1.165) is 10.8 Å². The third kappa shape index (κ3) is 3.28. The van der Waals surface area contributed by atoms with E-state index in [2.05, 4.69) is 0 Å². The topological polar surface area (TPSA) is 54.4 Å². The van der Waals surface area contributed by atoms with Gasteiger partial charge in [-0.05, 0) is 41.5 Å². The van der Waals surface area contributed by atoms with Crippen molar-refractivity contribution in [1.82, 2.24) is 0 Å². The molecule has 3 aromatic rings. The maximum Gasteiger partial charge on any atom is 0.181 e. The van der Waals surface area contributed by atoms with Crippen LogP contribution in [0.15, 0.2) is 77.7 Å². The van der Waals surface area contributed by atoms with Crippen LogP contribution in [0.5, 0.6) is 0 Å². The molecule has 1 N–H and O–H groups in total. The van der Waals surface area contributed by atoms with E-state index in [1.54, 1.807) is 36.4 Å². The van der Waals surface area contributed by atoms with E-state index in [9.17, 15) is 13.5 Å². The van der Waals surface area contributed by atoms with Gasteiger partial charge in [-0.25, -0.2) is 8.42 Å². The van der Waals surface area contributed by atoms with Crippen LogP contribution in [0.1, 0.15) is 12.5 Å². The van der Waals surface area contributed by atoms with Crippen LogP contribution in [0.25, 0.3) is 10.8 Å². The number of fused-ring (bicyclic) bond motifs is 1. The minimum Gasteiger partial charge on any atom is -0.384 e. The quantitative estimate of drug-likeness (QED) is 0.798. The summed E-state index contributed by atoms with van der Waals surface area (Å²) < 4.78 is 25.0. The van der Waals surface area contributed by atoms with Crippen molar-refractivity contribution >= 4 is 20.6 Å². The van der Waals surface area contributed by atoms with Crippen molar-refractivity contribution < 1.29 is 13.5 Å². The lowest BCUT2D eigenvalue weighted by Crippen LogP contribution is -2.31. The Balaban J connectivity index is 1.97. The van der Waals surface area contributed by atoms with E-state index in [1.807, 2.05) is 36.4 Å².